The Morgan fingerprint density at radius 2 is 1.91 bits per heavy atom. The number of halogens is 3. The molecular formula is C7H12F3O. The molecule has 0 aliphatic rings. The Hall–Kier alpha value is -0.250. The fourth-order valence-electron chi connectivity index (χ4n) is 0.734. The highest BCUT2D eigenvalue weighted by molar-refractivity contribution is 4.56. The molecule has 0 heterocycles. The molecule has 0 aliphatic carbocycles. The second-order valence-corrected chi connectivity index (χ2v) is 2.54. The van der Waals surface area contributed by atoms with Gasteiger partial charge in [-0.25, -0.2) is 5.11 Å². The van der Waals surface area contributed by atoms with Crippen LogP contribution in [-0.4, -0.2) is 12.3 Å². The number of hydrogen-bond acceptors (Lipinski definition) is 0. The second-order valence-electron chi connectivity index (χ2n) is 2.54. The highest BCUT2D eigenvalue weighted by Gasteiger charge is 2.26. The van der Waals surface area contributed by atoms with E-state index >= 15 is 0 Å². The molecule has 0 rings (SSSR count). The maximum atomic E-state index is 11.5. The minimum absolute atomic E-state index is 0.0362. The zero-order valence-corrected chi connectivity index (χ0v) is 6.45. The van der Waals surface area contributed by atoms with E-state index in [0.717, 1.165) is 0 Å². The summed E-state index contributed by atoms with van der Waals surface area (Å²) < 4.78 is 34.5. The van der Waals surface area contributed by atoms with Crippen molar-refractivity contribution in [1.82, 2.24) is 0 Å². The van der Waals surface area contributed by atoms with Crippen LogP contribution in [0.15, 0.2) is 0 Å². The zero-order valence-electron chi connectivity index (χ0n) is 6.45. The molecule has 0 fully saturated rings. The van der Waals surface area contributed by atoms with Crippen LogP contribution in [0.3, 0.4) is 0 Å². The Morgan fingerprint density at radius 1 is 1.36 bits per heavy atom. The maximum absolute atomic E-state index is 11.5. The van der Waals surface area contributed by atoms with Crippen LogP contribution in [-0.2, 0) is 5.11 Å². The van der Waals surface area contributed by atoms with E-state index in [1.165, 1.54) is 0 Å². The molecule has 1 unspecified atom stereocenters. The molecular weight excluding hydrogens is 157 g/mol. The molecule has 11 heavy (non-hydrogen) atoms. The predicted octanol–water partition coefficient (Wildman–Crippen LogP) is 2.93. The lowest BCUT2D eigenvalue weighted by atomic mass is 10.1. The van der Waals surface area contributed by atoms with Crippen LogP contribution in [0.5, 0.6) is 0 Å². The highest BCUT2D eigenvalue weighted by Crippen LogP contribution is 2.22. The fourth-order valence-corrected chi connectivity index (χ4v) is 0.734. The van der Waals surface area contributed by atoms with Gasteiger partial charge in [-0.1, -0.05) is 6.92 Å². The summed E-state index contributed by atoms with van der Waals surface area (Å²) in [5, 5.41) is 10.6. The molecule has 0 spiro atoms. The van der Waals surface area contributed by atoms with Crippen molar-refractivity contribution >= 4 is 0 Å². The van der Waals surface area contributed by atoms with Gasteiger partial charge in [0.2, 0.25) is 0 Å². The lowest BCUT2D eigenvalue weighted by Crippen LogP contribution is -2.09. The zero-order chi connectivity index (χ0) is 8.91. The van der Waals surface area contributed by atoms with E-state index in [9.17, 15) is 18.3 Å². The lowest BCUT2D eigenvalue weighted by Gasteiger charge is -2.07. The number of rotatable bonds is 4. The maximum Gasteiger partial charge on any atom is 0.389 e. The molecule has 0 aromatic heterocycles. The molecule has 1 radical (unpaired) electrons. The van der Waals surface area contributed by atoms with Crippen molar-refractivity contribution in [3.05, 3.63) is 0 Å². The van der Waals surface area contributed by atoms with Gasteiger partial charge in [-0.2, -0.15) is 13.2 Å². The highest BCUT2D eigenvalue weighted by atomic mass is 19.4. The van der Waals surface area contributed by atoms with Gasteiger partial charge in [-0.05, 0) is 19.3 Å². The molecule has 0 N–H and O–H groups in total. The predicted molar refractivity (Wildman–Crippen MR) is 34.7 cm³/mol. The van der Waals surface area contributed by atoms with Crippen LogP contribution >= 0.6 is 0 Å². The molecule has 1 atom stereocenters. The fraction of sp³-hybridized carbons (Fsp3) is 1.00. The summed E-state index contributed by atoms with van der Waals surface area (Å²) in [5.74, 6) is 0. The van der Waals surface area contributed by atoms with Gasteiger partial charge < -0.3 is 0 Å². The van der Waals surface area contributed by atoms with Gasteiger partial charge >= 0.3 is 6.18 Å². The van der Waals surface area contributed by atoms with Crippen LogP contribution in [0, 0.1) is 0 Å². The largest absolute Gasteiger partial charge is 0.389 e. The van der Waals surface area contributed by atoms with Gasteiger partial charge in [-0.3, -0.25) is 0 Å². The Morgan fingerprint density at radius 3 is 2.27 bits per heavy atom. The Kier molecular flexibility index (Phi) is 4.49. The summed E-state index contributed by atoms with van der Waals surface area (Å²) in [6, 6.07) is 0. The van der Waals surface area contributed by atoms with E-state index < -0.39 is 18.7 Å². The molecule has 0 aliphatic heterocycles. The van der Waals surface area contributed by atoms with Crippen molar-refractivity contribution in [3.63, 3.8) is 0 Å². The van der Waals surface area contributed by atoms with Gasteiger partial charge in [0.05, 0.1) is 6.10 Å². The van der Waals surface area contributed by atoms with Crippen LogP contribution in [0.1, 0.15) is 32.6 Å². The van der Waals surface area contributed by atoms with Crippen LogP contribution in [0.2, 0.25) is 0 Å². The van der Waals surface area contributed by atoms with E-state index in [2.05, 4.69) is 0 Å². The van der Waals surface area contributed by atoms with E-state index in [0.29, 0.717) is 6.42 Å². The van der Waals surface area contributed by atoms with Crippen LogP contribution in [0.4, 0.5) is 13.2 Å². The summed E-state index contributed by atoms with van der Waals surface area (Å²) in [6.45, 7) is 1.69. The molecule has 0 aromatic rings. The summed E-state index contributed by atoms with van der Waals surface area (Å²) in [4.78, 5) is 0. The van der Waals surface area contributed by atoms with Gasteiger partial charge in [0.25, 0.3) is 0 Å². The number of hydrogen-bond donors (Lipinski definition) is 0. The first-order valence-electron chi connectivity index (χ1n) is 3.68. The molecule has 0 amide bonds. The molecule has 0 aromatic carbocycles. The molecule has 1 nitrogen and oxygen atoms in total. The Balaban J connectivity index is 3.28. The molecule has 0 saturated carbocycles. The van der Waals surface area contributed by atoms with E-state index in [4.69, 9.17) is 0 Å². The first kappa shape index (κ1) is 10.8. The average Bonchev–Trinajstić information content (AvgIpc) is 1.85. The summed E-state index contributed by atoms with van der Waals surface area (Å²) >= 11 is 0. The Bertz CT molecular complexity index is 100. The summed E-state index contributed by atoms with van der Waals surface area (Å²) in [6.07, 6.45) is -5.24. The van der Waals surface area contributed by atoms with E-state index in [-0.39, 0.29) is 12.8 Å². The smallest absolute Gasteiger partial charge is 0.233 e. The van der Waals surface area contributed by atoms with Crippen molar-refractivity contribution in [1.29, 1.82) is 0 Å². The minimum atomic E-state index is -4.10. The van der Waals surface area contributed by atoms with Crippen molar-refractivity contribution in [2.75, 3.05) is 0 Å². The SMILES string of the molecule is CCC([O])CCCC(F)(F)F. The lowest BCUT2D eigenvalue weighted by molar-refractivity contribution is -0.136. The standard InChI is InChI=1S/C7H12F3O/c1-2-6(11)4-3-5-7(8,9)10/h6H,2-5H2,1H3. The van der Waals surface area contributed by atoms with Crippen molar-refractivity contribution in [2.45, 2.75) is 44.9 Å². The quantitative estimate of drug-likeness (QED) is 0.616. The molecule has 0 bridgehead atoms. The molecule has 4 heteroatoms. The third kappa shape index (κ3) is 7.65. The van der Waals surface area contributed by atoms with E-state index in [1.54, 1.807) is 6.92 Å². The average molecular weight is 169 g/mol. The van der Waals surface area contributed by atoms with Crippen LogP contribution in [0.25, 0.3) is 0 Å². The molecule has 0 saturated heterocycles. The van der Waals surface area contributed by atoms with Gasteiger partial charge in [0, 0.05) is 6.42 Å². The van der Waals surface area contributed by atoms with E-state index in [1.807, 2.05) is 0 Å². The third-order valence-corrected chi connectivity index (χ3v) is 1.44. The third-order valence-electron chi connectivity index (χ3n) is 1.44. The second kappa shape index (κ2) is 4.59. The van der Waals surface area contributed by atoms with Crippen molar-refractivity contribution in [3.8, 4) is 0 Å². The topological polar surface area (TPSA) is 19.9 Å². The monoisotopic (exact) mass is 169 g/mol. The number of alkyl halides is 3. The first-order chi connectivity index (χ1) is 4.95. The van der Waals surface area contributed by atoms with Crippen molar-refractivity contribution in [2.24, 2.45) is 0 Å². The summed E-state index contributed by atoms with van der Waals surface area (Å²) in [7, 11) is 0. The first-order valence-corrected chi connectivity index (χ1v) is 3.68. The van der Waals surface area contributed by atoms with Gasteiger partial charge in [-0.15, -0.1) is 0 Å². The molecule has 67 valence electrons. The van der Waals surface area contributed by atoms with Crippen molar-refractivity contribution < 1.29 is 18.3 Å². The van der Waals surface area contributed by atoms with Gasteiger partial charge in [0.15, 0.2) is 0 Å². The van der Waals surface area contributed by atoms with Crippen LogP contribution < -0.4 is 0 Å². The normalized spacial score (nSPS) is 15.0. The minimum Gasteiger partial charge on any atom is -0.233 e. The Labute approximate surface area is 64.2 Å². The van der Waals surface area contributed by atoms with Gasteiger partial charge in [0.1, 0.15) is 0 Å². The summed E-state index contributed by atoms with van der Waals surface area (Å²) in [5.41, 5.74) is 0.